The normalized spacial score (nSPS) is 14.1. The number of nitro benzene ring substituents is 1. The van der Waals surface area contributed by atoms with E-state index in [1.807, 2.05) is 0 Å². The van der Waals surface area contributed by atoms with E-state index in [0.717, 1.165) is 21.4 Å². The average molecular weight is 354 g/mol. The Hall–Kier alpha value is -1.65. The molecule has 114 valence electrons. The molecule has 0 spiro atoms. The Balaban J connectivity index is 1.65. The number of aromatic nitrogens is 1. The molecule has 1 aliphatic heterocycles. The van der Waals surface area contributed by atoms with E-state index in [-0.39, 0.29) is 17.3 Å². The number of anilines is 1. The summed E-state index contributed by atoms with van der Waals surface area (Å²) >= 11 is 4.36. The molecule has 0 radical (unpaired) electrons. The molecule has 1 amide bonds. The molecule has 2 heterocycles. The molecule has 2 aromatic rings. The average Bonchev–Trinajstić information content (AvgIpc) is 3.13. The molecule has 1 N–H and O–H groups in total. The summed E-state index contributed by atoms with van der Waals surface area (Å²) in [5, 5.41) is 13.9. The van der Waals surface area contributed by atoms with Gasteiger partial charge in [-0.15, -0.1) is 0 Å². The first-order valence-electron chi connectivity index (χ1n) is 6.27. The Morgan fingerprint density at radius 2 is 2.36 bits per heavy atom. The number of carbonyl (C=O) groups excluding carboxylic acids is 1. The number of nitro groups is 1. The lowest BCUT2D eigenvalue weighted by Gasteiger charge is -2.00. The molecular weight excluding hydrogens is 344 g/mol. The van der Waals surface area contributed by atoms with Gasteiger partial charge in [-0.3, -0.25) is 19.9 Å². The van der Waals surface area contributed by atoms with Crippen LogP contribution in [-0.2, 0) is 4.79 Å². The lowest BCUT2D eigenvalue weighted by atomic mass is 10.3. The maximum absolute atomic E-state index is 11.9. The Bertz CT molecular complexity index is 774. The molecule has 3 rings (SSSR count). The third kappa shape index (κ3) is 3.57. The summed E-state index contributed by atoms with van der Waals surface area (Å²) in [6, 6.07) is 4.47. The highest BCUT2D eigenvalue weighted by Gasteiger charge is 2.14. The molecule has 1 aliphatic rings. The van der Waals surface area contributed by atoms with Crippen LogP contribution in [0.4, 0.5) is 10.8 Å². The predicted molar refractivity (Wildman–Crippen MR) is 92.1 cm³/mol. The van der Waals surface area contributed by atoms with E-state index >= 15 is 0 Å². The molecule has 22 heavy (non-hydrogen) atoms. The van der Waals surface area contributed by atoms with Crippen LogP contribution in [0.25, 0.3) is 10.2 Å². The van der Waals surface area contributed by atoms with Crippen molar-refractivity contribution in [2.24, 2.45) is 4.99 Å². The first-order valence-corrected chi connectivity index (χ1v) is 9.05. The van der Waals surface area contributed by atoms with Gasteiger partial charge in [0.2, 0.25) is 5.91 Å². The fraction of sp³-hybridized carbons (Fsp3) is 0.250. The molecule has 0 saturated carbocycles. The van der Waals surface area contributed by atoms with Gasteiger partial charge in [0, 0.05) is 17.9 Å². The number of aliphatic imine (C=N–C) groups is 1. The second-order valence-corrected chi connectivity index (χ2v) is 7.60. The van der Waals surface area contributed by atoms with Crippen LogP contribution in [-0.4, -0.2) is 38.2 Å². The minimum atomic E-state index is -0.465. The van der Waals surface area contributed by atoms with E-state index in [9.17, 15) is 14.9 Å². The number of amides is 1. The van der Waals surface area contributed by atoms with Crippen molar-refractivity contribution >= 4 is 66.2 Å². The van der Waals surface area contributed by atoms with Gasteiger partial charge in [-0.25, -0.2) is 4.98 Å². The van der Waals surface area contributed by atoms with Crippen LogP contribution in [0.2, 0.25) is 0 Å². The van der Waals surface area contributed by atoms with Crippen molar-refractivity contribution in [1.82, 2.24) is 4.98 Å². The van der Waals surface area contributed by atoms with Gasteiger partial charge in [0.1, 0.15) is 4.38 Å². The zero-order chi connectivity index (χ0) is 15.5. The quantitative estimate of drug-likeness (QED) is 0.669. The molecule has 0 aliphatic carbocycles. The van der Waals surface area contributed by atoms with Gasteiger partial charge in [-0.2, -0.15) is 0 Å². The molecule has 1 aromatic heterocycles. The molecule has 7 nitrogen and oxygen atoms in total. The molecule has 0 atom stereocenters. The summed E-state index contributed by atoms with van der Waals surface area (Å²) in [5.41, 5.74) is 0.500. The number of rotatable bonds is 4. The fourth-order valence-electron chi connectivity index (χ4n) is 1.77. The summed E-state index contributed by atoms with van der Waals surface area (Å²) in [5.74, 6) is 1.09. The van der Waals surface area contributed by atoms with E-state index in [2.05, 4.69) is 15.3 Å². The Morgan fingerprint density at radius 1 is 1.50 bits per heavy atom. The maximum atomic E-state index is 11.9. The number of fused-ring (bicyclic) bond motifs is 1. The van der Waals surface area contributed by atoms with Gasteiger partial charge in [-0.1, -0.05) is 34.9 Å². The number of nitrogens with zero attached hydrogens (tertiary/aromatic N) is 3. The molecule has 0 saturated heterocycles. The van der Waals surface area contributed by atoms with Crippen LogP contribution >= 0.6 is 34.9 Å². The third-order valence-corrected chi connectivity index (χ3v) is 5.92. The number of hydrogen-bond donors (Lipinski definition) is 1. The number of non-ortho nitro benzene ring substituents is 1. The van der Waals surface area contributed by atoms with Gasteiger partial charge in [0.15, 0.2) is 5.13 Å². The van der Waals surface area contributed by atoms with Gasteiger partial charge >= 0.3 is 0 Å². The van der Waals surface area contributed by atoms with E-state index in [1.54, 1.807) is 17.8 Å². The molecule has 0 unspecified atom stereocenters. The van der Waals surface area contributed by atoms with E-state index < -0.39 is 4.92 Å². The monoisotopic (exact) mass is 354 g/mol. The zero-order valence-corrected chi connectivity index (χ0v) is 13.6. The molecule has 10 heteroatoms. The van der Waals surface area contributed by atoms with Crippen molar-refractivity contribution < 1.29 is 9.72 Å². The fourth-order valence-corrected chi connectivity index (χ4v) is 4.44. The summed E-state index contributed by atoms with van der Waals surface area (Å²) < 4.78 is 1.74. The van der Waals surface area contributed by atoms with Gasteiger partial charge in [0.05, 0.1) is 27.4 Å². The second kappa shape index (κ2) is 6.63. The van der Waals surface area contributed by atoms with Gasteiger partial charge in [0.25, 0.3) is 5.69 Å². The van der Waals surface area contributed by atoms with Crippen molar-refractivity contribution in [3.8, 4) is 0 Å². The smallest absolute Gasteiger partial charge is 0.271 e. The highest BCUT2D eigenvalue weighted by atomic mass is 32.2. The summed E-state index contributed by atoms with van der Waals surface area (Å²) in [7, 11) is 0. The Morgan fingerprint density at radius 3 is 3.09 bits per heavy atom. The first kappa shape index (κ1) is 15.3. The lowest BCUT2D eigenvalue weighted by molar-refractivity contribution is -0.384. The first-order chi connectivity index (χ1) is 10.6. The third-order valence-electron chi connectivity index (χ3n) is 2.71. The minimum Gasteiger partial charge on any atom is -0.301 e. The van der Waals surface area contributed by atoms with E-state index in [4.69, 9.17) is 0 Å². The Labute approximate surface area is 137 Å². The van der Waals surface area contributed by atoms with E-state index in [1.165, 1.54) is 35.2 Å². The molecule has 0 fully saturated rings. The van der Waals surface area contributed by atoms with Crippen molar-refractivity contribution in [3.63, 3.8) is 0 Å². The minimum absolute atomic E-state index is 0.0116. The number of carbonyl (C=O) groups is 1. The molecular formula is C12H10N4O3S3. The molecule has 0 bridgehead atoms. The van der Waals surface area contributed by atoms with Crippen molar-refractivity contribution in [2.45, 2.75) is 0 Å². The van der Waals surface area contributed by atoms with Gasteiger partial charge < -0.3 is 5.32 Å². The number of thioether (sulfide) groups is 2. The highest BCUT2D eigenvalue weighted by Crippen LogP contribution is 2.29. The van der Waals surface area contributed by atoms with Crippen molar-refractivity contribution in [1.29, 1.82) is 0 Å². The number of nitrogens with one attached hydrogen (secondary N) is 1. The number of benzene rings is 1. The standard InChI is InChI=1S/C12H10N4O3S3/c17-10(6-21-12-13-3-4-20-12)15-11-14-8-5-7(16(18)19)1-2-9(8)22-11/h1-2,5H,3-4,6H2,(H,14,15,17). The zero-order valence-electron chi connectivity index (χ0n) is 11.1. The SMILES string of the molecule is O=C(CSC1=NCCS1)Nc1nc2cc([N+](=O)[O-])ccc2s1. The number of thiazole rings is 1. The van der Waals surface area contributed by atoms with Crippen LogP contribution in [0, 0.1) is 10.1 Å². The summed E-state index contributed by atoms with van der Waals surface area (Å²) in [6.07, 6.45) is 0. The van der Waals surface area contributed by atoms with Crippen molar-refractivity contribution in [3.05, 3.63) is 28.3 Å². The summed E-state index contributed by atoms with van der Waals surface area (Å²) in [4.78, 5) is 30.6. The topological polar surface area (TPSA) is 97.5 Å². The lowest BCUT2D eigenvalue weighted by Crippen LogP contribution is -2.14. The number of hydrogen-bond acceptors (Lipinski definition) is 8. The predicted octanol–water partition coefficient (Wildman–Crippen LogP) is 2.98. The van der Waals surface area contributed by atoms with Gasteiger partial charge in [-0.05, 0) is 6.07 Å². The van der Waals surface area contributed by atoms with Crippen molar-refractivity contribution in [2.75, 3.05) is 23.4 Å². The Kier molecular flexibility index (Phi) is 4.60. The second-order valence-electron chi connectivity index (χ2n) is 4.26. The van der Waals surface area contributed by atoms with Crippen LogP contribution in [0.1, 0.15) is 0 Å². The highest BCUT2D eigenvalue weighted by molar-refractivity contribution is 8.39. The van der Waals surface area contributed by atoms with E-state index in [0.29, 0.717) is 10.6 Å². The summed E-state index contributed by atoms with van der Waals surface area (Å²) in [6.45, 7) is 0.811. The van der Waals surface area contributed by atoms with Crippen LogP contribution < -0.4 is 5.32 Å². The largest absolute Gasteiger partial charge is 0.301 e. The molecule has 1 aromatic carbocycles. The maximum Gasteiger partial charge on any atom is 0.271 e. The van der Waals surface area contributed by atoms with Crippen LogP contribution in [0.5, 0.6) is 0 Å². The van der Waals surface area contributed by atoms with Crippen LogP contribution in [0.3, 0.4) is 0 Å². The van der Waals surface area contributed by atoms with Crippen LogP contribution in [0.15, 0.2) is 23.2 Å².